The highest BCUT2D eigenvalue weighted by Crippen LogP contribution is 2.22. The number of nitrogens with zero attached hydrogens (tertiary/aromatic N) is 4. The van der Waals surface area contributed by atoms with Crippen LogP contribution in [0.25, 0.3) is 0 Å². The van der Waals surface area contributed by atoms with E-state index in [2.05, 4.69) is 10.00 Å². The van der Waals surface area contributed by atoms with Gasteiger partial charge in [0.05, 0.1) is 30.9 Å². The van der Waals surface area contributed by atoms with Crippen molar-refractivity contribution in [3.63, 3.8) is 0 Å². The first kappa shape index (κ1) is 16.4. The van der Waals surface area contributed by atoms with Gasteiger partial charge in [0.1, 0.15) is 6.61 Å². The fraction of sp³-hybridized carbons (Fsp3) is 0.556. The van der Waals surface area contributed by atoms with Crippen molar-refractivity contribution in [2.24, 2.45) is 0 Å². The molecule has 0 aromatic carbocycles. The zero-order chi connectivity index (χ0) is 17.1. The molecule has 1 amide bonds. The Balaban J connectivity index is 1.34. The summed E-state index contributed by atoms with van der Waals surface area (Å²) in [5.74, 6) is 0.101. The van der Waals surface area contributed by atoms with E-state index >= 15 is 0 Å². The fourth-order valence-corrected chi connectivity index (χ4v) is 3.69. The highest BCUT2D eigenvalue weighted by atomic mass is 16.5. The lowest BCUT2D eigenvalue weighted by atomic mass is 10.2. The average Bonchev–Trinajstić information content (AvgIpc) is 3.36. The zero-order valence-electron chi connectivity index (χ0n) is 14.3. The molecule has 7 nitrogen and oxygen atoms in total. The van der Waals surface area contributed by atoms with Crippen molar-refractivity contribution < 1.29 is 13.9 Å². The Morgan fingerprint density at radius 2 is 2.20 bits per heavy atom. The number of furan rings is 1. The van der Waals surface area contributed by atoms with E-state index in [1.54, 1.807) is 12.5 Å². The molecule has 1 saturated heterocycles. The molecule has 1 fully saturated rings. The minimum Gasteiger partial charge on any atom is -0.472 e. The lowest BCUT2D eigenvalue weighted by Crippen LogP contribution is -2.40. The molecule has 0 radical (unpaired) electrons. The van der Waals surface area contributed by atoms with Gasteiger partial charge in [-0.05, 0) is 25.0 Å². The number of amides is 1. The molecule has 0 saturated carbocycles. The van der Waals surface area contributed by atoms with Crippen LogP contribution in [0, 0.1) is 0 Å². The normalized spacial score (nSPS) is 20.8. The number of fused-ring (bicyclic) bond motifs is 1. The van der Waals surface area contributed by atoms with Crippen molar-refractivity contribution in [3.8, 4) is 0 Å². The summed E-state index contributed by atoms with van der Waals surface area (Å²) in [6.07, 6.45) is 7.53. The van der Waals surface area contributed by atoms with E-state index in [1.165, 1.54) is 5.69 Å². The molecule has 4 rings (SSSR count). The van der Waals surface area contributed by atoms with Gasteiger partial charge in [0.25, 0.3) is 0 Å². The van der Waals surface area contributed by atoms with Crippen LogP contribution < -0.4 is 0 Å². The summed E-state index contributed by atoms with van der Waals surface area (Å²) in [5.41, 5.74) is 2.34. The third-order valence-corrected chi connectivity index (χ3v) is 4.93. The van der Waals surface area contributed by atoms with Gasteiger partial charge in [-0.3, -0.25) is 14.4 Å². The largest absolute Gasteiger partial charge is 0.472 e. The Bertz CT molecular complexity index is 691. The minimum atomic E-state index is 0.101. The van der Waals surface area contributed by atoms with Crippen molar-refractivity contribution in [1.82, 2.24) is 19.6 Å². The molecule has 1 atom stereocenters. The van der Waals surface area contributed by atoms with Gasteiger partial charge in [-0.1, -0.05) is 0 Å². The SMILES string of the molecule is O=C(COCC1CN(Cc2ccoc2)Cc2ccnn21)N1CCCC1. The minimum absolute atomic E-state index is 0.101. The molecule has 0 aliphatic carbocycles. The van der Waals surface area contributed by atoms with Crippen molar-refractivity contribution in [2.75, 3.05) is 32.8 Å². The van der Waals surface area contributed by atoms with Gasteiger partial charge < -0.3 is 14.1 Å². The van der Waals surface area contributed by atoms with Gasteiger partial charge >= 0.3 is 0 Å². The van der Waals surface area contributed by atoms with Gasteiger partial charge in [-0.2, -0.15) is 5.10 Å². The molecular formula is C18H24N4O3. The molecule has 0 bridgehead atoms. The van der Waals surface area contributed by atoms with E-state index in [4.69, 9.17) is 9.15 Å². The van der Waals surface area contributed by atoms with Gasteiger partial charge in [0, 0.05) is 44.5 Å². The highest BCUT2D eigenvalue weighted by Gasteiger charge is 2.26. The molecule has 7 heteroatoms. The summed E-state index contributed by atoms with van der Waals surface area (Å²) in [4.78, 5) is 16.4. The Morgan fingerprint density at radius 3 is 3.00 bits per heavy atom. The Labute approximate surface area is 147 Å². The maximum Gasteiger partial charge on any atom is 0.248 e. The number of likely N-dealkylation sites (tertiary alicyclic amines) is 1. The summed E-state index contributed by atoms with van der Waals surface area (Å²) >= 11 is 0. The molecule has 2 aromatic heterocycles. The van der Waals surface area contributed by atoms with Gasteiger partial charge in [0.2, 0.25) is 5.91 Å². The molecule has 1 unspecified atom stereocenters. The standard InChI is InChI=1S/C18H24N4O3/c23-18(21-6-1-2-7-21)14-25-13-17-11-20(9-15-4-8-24-12-15)10-16-3-5-19-22(16)17/h3-5,8,12,17H,1-2,6-7,9-11,13-14H2. The van der Waals surface area contributed by atoms with Crippen molar-refractivity contribution in [1.29, 1.82) is 0 Å². The molecule has 2 aliphatic rings. The van der Waals surface area contributed by atoms with Crippen molar-refractivity contribution in [3.05, 3.63) is 42.1 Å². The van der Waals surface area contributed by atoms with Crippen LogP contribution in [0.4, 0.5) is 0 Å². The number of rotatable bonds is 6. The first-order chi connectivity index (χ1) is 12.3. The van der Waals surface area contributed by atoms with Crippen LogP contribution in [0.1, 0.15) is 30.1 Å². The average molecular weight is 344 g/mol. The van der Waals surface area contributed by atoms with Gasteiger partial charge in [-0.15, -0.1) is 0 Å². The van der Waals surface area contributed by atoms with Crippen LogP contribution in [-0.4, -0.2) is 58.3 Å². The van der Waals surface area contributed by atoms with E-state index < -0.39 is 0 Å². The second-order valence-electron chi connectivity index (χ2n) is 6.83. The zero-order valence-corrected chi connectivity index (χ0v) is 14.3. The third-order valence-electron chi connectivity index (χ3n) is 4.93. The molecule has 134 valence electrons. The summed E-state index contributed by atoms with van der Waals surface area (Å²) in [5, 5.41) is 4.44. The predicted octanol–water partition coefficient (Wildman–Crippen LogP) is 1.67. The molecule has 0 N–H and O–H groups in total. The number of ether oxygens (including phenoxy) is 1. The molecule has 2 aromatic rings. The fourth-order valence-electron chi connectivity index (χ4n) is 3.69. The van der Waals surface area contributed by atoms with Crippen LogP contribution in [0.5, 0.6) is 0 Å². The number of hydrogen-bond acceptors (Lipinski definition) is 5. The second-order valence-corrected chi connectivity index (χ2v) is 6.83. The first-order valence-corrected chi connectivity index (χ1v) is 8.91. The van der Waals surface area contributed by atoms with Gasteiger partial charge in [0.15, 0.2) is 0 Å². The Morgan fingerprint density at radius 1 is 1.32 bits per heavy atom. The molecule has 4 heterocycles. The maximum atomic E-state index is 12.1. The molecular weight excluding hydrogens is 320 g/mol. The lowest BCUT2D eigenvalue weighted by molar-refractivity contribution is -0.135. The topological polar surface area (TPSA) is 63.7 Å². The van der Waals surface area contributed by atoms with Crippen LogP contribution in [0.15, 0.2) is 35.3 Å². The lowest BCUT2D eigenvalue weighted by Gasteiger charge is -2.33. The number of carbonyl (C=O) groups excluding carboxylic acids is 1. The summed E-state index contributed by atoms with van der Waals surface area (Å²) in [6, 6.07) is 4.16. The Hall–Kier alpha value is -2.12. The number of aromatic nitrogens is 2. The van der Waals surface area contributed by atoms with E-state index in [9.17, 15) is 4.79 Å². The van der Waals surface area contributed by atoms with E-state index in [0.29, 0.717) is 6.61 Å². The maximum absolute atomic E-state index is 12.1. The monoisotopic (exact) mass is 344 g/mol. The summed E-state index contributed by atoms with van der Waals surface area (Å²) in [6.45, 7) is 4.93. The van der Waals surface area contributed by atoms with Crippen LogP contribution in [0.2, 0.25) is 0 Å². The highest BCUT2D eigenvalue weighted by molar-refractivity contribution is 5.77. The molecule has 25 heavy (non-hydrogen) atoms. The second kappa shape index (κ2) is 7.41. The van der Waals surface area contributed by atoms with Crippen LogP contribution in [-0.2, 0) is 22.6 Å². The van der Waals surface area contributed by atoms with Crippen molar-refractivity contribution >= 4 is 5.91 Å². The molecule has 0 spiro atoms. The van der Waals surface area contributed by atoms with Crippen LogP contribution >= 0.6 is 0 Å². The third kappa shape index (κ3) is 3.77. The van der Waals surface area contributed by atoms with E-state index in [0.717, 1.165) is 51.1 Å². The number of carbonyl (C=O) groups is 1. The van der Waals surface area contributed by atoms with Crippen molar-refractivity contribution in [2.45, 2.75) is 32.0 Å². The Kier molecular flexibility index (Phi) is 4.85. The summed E-state index contributed by atoms with van der Waals surface area (Å²) < 4.78 is 13.0. The quantitative estimate of drug-likeness (QED) is 0.798. The van der Waals surface area contributed by atoms with Gasteiger partial charge in [-0.25, -0.2) is 0 Å². The first-order valence-electron chi connectivity index (χ1n) is 8.91. The van der Waals surface area contributed by atoms with E-state index in [1.807, 2.05) is 27.9 Å². The predicted molar refractivity (Wildman–Crippen MR) is 90.7 cm³/mol. The number of hydrogen-bond donors (Lipinski definition) is 0. The van der Waals surface area contributed by atoms with Crippen LogP contribution in [0.3, 0.4) is 0 Å². The summed E-state index contributed by atoms with van der Waals surface area (Å²) in [7, 11) is 0. The smallest absolute Gasteiger partial charge is 0.248 e. The molecule has 2 aliphatic heterocycles. The van der Waals surface area contributed by atoms with E-state index in [-0.39, 0.29) is 18.6 Å².